The van der Waals surface area contributed by atoms with Crippen molar-refractivity contribution < 1.29 is 93.0 Å². The van der Waals surface area contributed by atoms with Gasteiger partial charge in [-0.1, -0.05) is 0 Å². The van der Waals surface area contributed by atoms with E-state index in [1.165, 1.54) is 0 Å². The van der Waals surface area contributed by atoms with Crippen LogP contribution >= 0.6 is 0 Å². The molecule has 6 aromatic rings. The van der Waals surface area contributed by atoms with Gasteiger partial charge < -0.3 is 14.0 Å². The third-order valence-corrected chi connectivity index (χ3v) is 7.25. The maximum absolute atomic E-state index is 15.2. The highest BCUT2D eigenvalue weighted by atomic mass is 19.2. The predicted molar refractivity (Wildman–Crippen MR) is 139 cm³/mol. The molecule has 270 valence electrons. The molecule has 6 aromatic carbocycles. The molecule has 0 spiro atoms. The minimum absolute atomic E-state index is 0.421. The van der Waals surface area contributed by atoms with Gasteiger partial charge in [-0.05, 0) is 0 Å². The number of rotatable bonds is 6. The van der Waals surface area contributed by atoms with Crippen molar-refractivity contribution in [1.82, 2.24) is 0 Å². The first-order chi connectivity index (χ1) is 24.3. The number of fused-ring (bicyclic) bond motifs is 3. The summed E-state index contributed by atoms with van der Waals surface area (Å²) in [5.74, 6) is -53.2. The molecular formula is C30H3BF18O3. The lowest BCUT2D eigenvalue weighted by molar-refractivity contribution is 0.282. The van der Waals surface area contributed by atoms with E-state index in [0.29, 0.717) is 0 Å². The maximum atomic E-state index is 15.2. The number of hydrogen-bond donors (Lipinski definition) is 0. The highest BCUT2D eigenvalue weighted by Gasteiger charge is 2.42. The van der Waals surface area contributed by atoms with E-state index in [0.717, 1.165) is 0 Å². The fourth-order valence-corrected chi connectivity index (χ4v) is 5.01. The van der Waals surface area contributed by atoms with Crippen molar-refractivity contribution >= 4 is 39.6 Å². The van der Waals surface area contributed by atoms with Crippen molar-refractivity contribution in [2.75, 3.05) is 0 Å². The lowest BCUT2D eigenvalue weighted by atomic mass is 10.0. The molecule has 0 aliphatic heterocycles. The second-order valence-electron chi connectivity index (χ2n) is 10.2. The Morgan fingerprint density at radius 1 is 0.250 bits per heavy atom. The quantitative estimate of drug-likeness (QED) is 0.0732. The highest BCUT2D eigenvalue weighted by Crippen LogP contribution is 2.43. The summed E-state index contributed by atoms with van der Waals surface area (Å²) in [4.78, 5) is 0. The molecule has 3 nitrogen and oxygen atoms in total. The fourth-order valence-electron chi connectivity index (χ4n) is 5.01. The van der Waals surface area contributed by atoms with Crippen molar-refractivity contribution in [1.29, 1.82) is 0 Å². The minimum Gasteiger partial charge on any atom is -0.486 e. The summed E-state index contributed by atoms with van der Waals surface area (Å²) in [6.07, 6.45) is 0. The van der Waals surface area contributed by atoms with Crippen LogP contribution in [0.25, 0.3) is 32.3 Å². The summed E-state index contributed by atoms with van der Waals surface area (Å²) >= 11 is 0. The van der Waals surface area contributed by atoms with Crippen LogP contribution in [0.1, 0.15) is 0 Å². The van der Waals surface area contributed by atoms with Gasteiger partial charge in [0, 0.05) is 18.2 Å². The highest BCUT2D eigenvalue weighted by molar-refractivity contribution is 6.40. The lowest BCUT2D eigenvalue weighted by Gasteiger charge is -2.22. The number of halogens is 18. The van der Waals surface area contributed by atoms with E-state index in [2.05, 4.69) is 14.0 Å². The molecule has 22 heteroatoms. The topological polar surface area (TPSA) is 27.7 Å². The van der Waals surface area contributed by atoms with Crippen molar-refractivity contribution in [2.45, 2.75) is 0 Å². The smallest absolute Gasteiger partial charge is 0.486 e. The average molecular weight is 764 g/mol. The Hall–Kier alpha value is -5.70. The van der Waals surface area contributed by atoms with Gasteiger partial charge >= 0.3 is 7.32 Å². The molecule has 6 rings (SSSR count). The summed E-state index contributed by atoms with van der Waals surface area (Å²) in [7, 11) is -3.91. The molecule has 0 N–H and O–H groups in total. The Labute approximate surface area is 273 Å². The van der Waals surface area contributed by atoms with Crippen molar-refractivity contribution in [3.05, 3.63) is 123 Å². The van der Waals surface area contributed by atoms with Crippen LogP contribution in [-0.4, -0.2) is 7.32 Å². The van der Waals surface area contributed by atoms with Crippen LogP contribution in [-0.2, 0) is 0 Å². The molecule has 0 bridgehead atoms. The zero-order valence-corrected chi connectivity index (χ0v) is 23.8. The SMILES string of the molecule is Fc1cc(F)c2c(F)c(F)c(F)c(OB(Oc3c(F)c(F)c(F)c4c(F)cc(F)c(F)c34)Oc3c(F)c(F)c(F)c4c(F)cc(F)c(F)c34)c2c1F. The Morgan fingerprint density at radius 2 is 0.481 bits per heavy atom. The van der Waals surface area contributed by atoms with Gasteiger partial charge in [-0.15, -0.1) is 0 Å². The zero-order valence-electron chi connectivity index (χ0n) is 23.8. The third kappa shape index (κ3) is 5.21. The van der Waals surface area contributed by atoms with Gasteiger partial charge in [-0.25, -0.2) is 65.9 Å². The second kappa shape index (κ2) is 12.5. The molecule has 0 saturated heterocycles. The van der Waals surface area contributed by atoms with Gasteiger partial charge in [-0.3, -0.25) is 0 Å². The van der Waals surface area contributed by atoms with Crippen molar-refractivity contribution in [2.24, 2.45) is 0 Å². The first-order valence-electron chi connectivity index (χ1n) is 13.2. The van der Waals surface area contributed by atoms with Crippen molar-refractivity contribution in [3.63, 3.8) is 0 Å². The first-order valence-corrected chi connectivity index (χ1v) is 13.2. The summed E-state index contributed by atoms with van der Waals surface area (Å²) in [5.41, 5.74) is 0. The monoisotopic (exact) mass is 764 g/mol. The van der Waals surface area contributed by atoms with Crippen LogP contribution in [0.5, 0.6) is 17.2 Å². The molecule has 0 atom stereocenters. The van der Waals surface area contributed by atoms with Crippen LogP contribution in [0.15, 0.2) is 18.2 Å². The molecular weight excluding hydrogens is 761 g/mol. The molecule has 0 heterocycles. The van der Waals surface area contributed by atoms with Crippen molar-refractivity contribution in [3.8, 4) is 17.2 Å². The summed E-state index contributed by atoms with van der Waals surface area (Å²) in [5, 5.41) is -12.4. The second-order valence-corrected chi connectivity index (χ2v) is 10.2. The summed E-state index contributed by atoms with van der Waals surface area (Å²) in [6, 6.07) is -1.26. The van der Waals surface area contributed by atoms with Gasteiger partial charge in [0.1, 0.15) is 17.5 Å². The molecule has 0 saturated carbocycles. The number of benzene rings is 6. The summed E-state index contributed by atoms with van der Waals surface area (Å²) < 4.78 is 278. The molecule has 0 amide bonds. The lowest BCUT2D eigenvalue weighted by Crippen LogP contribution is -2.38. The van der Waals surface area contributed by atoms with E-state index in [9.17, 15) is 65.9 Å². The van der Waals surface area contributed by atoms with E-state index in [4.69, 9.17) is 0 Å². The zero-order chi connectivity index (χ0) is 38.4. The fraction of sp³-hybridized carbons (Fsp3) is 0. The van der Waals surface area contributed by atoms with Gasteiger partial charge in [0.2, 0.25) is 17.5 Å². The number of hydrogen-bond acceptors (Lipinski definition) is 3. The first kappa shape index (κ1) is 36.1. The predicted octanol–water partition coefficient (Wildman–Crippen LogP) is 10.2. The molecule has 0 fully saturated rings. The maximum Gasteiger partial charge on any atom is 0.864 e. The standard InChI is InChI=1S/C30H3BF18O3/c32-4-1-7(35)16(38)13-10(4)19(41)22(44)25(47)28(13)50-31(51-29-14-11(20(42)23(45)26(29)48)5(33)2-8(36)17(14)39)52-30-15-12(21(43)24(46)27(30)49)6(34)3-9(37)18(15)40/h1-3H. The normalized spacial score (nSPS) is 11.7. The molecule has 52 heavy (non-hydrogen) atoms. The van der Waals surface area contributed by atoms with E-state index in [-0.39, 0.29) is 0 Å². The van der Waals surface area contributed by atoms with Crippen LogP contribution in [0.3, 0.4) is 0 Å². The van der Waals surface area contributed by atoms with E-state index in [1.54, 1.807) is 0 Å². The van der Waals surface area contributed by atoms with Crippen LogP contribution in [0, 0.1) is 105 Å². The van der Waals surface area contributed by atoms with E-state index >= 15 is 13.2 Å². The third-order valence-electron chi connectivity index (χ3n) is 7.25. The molecule has 0 aliphatic carbocycles. The Morgan fingerprint density at radius 3 is 0.712 bits per heavy atom. The Kier molecular flexibility index (Phi) is 8.69. The van der Waals surface area contributed by atoms with E-state index in [1.807, 2.05) is 0 Å². The van der Waals surface area contributed by atoms with Gasteiger partial charge in [0.05, 0.1) is 32.3 Å². The average Bonchev–Trinajstić information content (AvgIpc) is 3.08. The summed E-state index contributed by atoms with van der Waals surface area (Å²) in [6.45, 7) is 0. The largest absolute Gasteiger partial charge is 0.864 e. The Balaban J connectivity index is 1.71. The molecule has 0 aliphatic rings. The van der Waals surface area contributed by atoms with Gasteiger partial charge in [0.15, 0.2) is 87.1 Å². The van der Waals surface area contributed by atoms with Gasteiger partial charge in [-0.2, -0.15) is 13.2 Å². The van der Waals surface area contributed by atoms with Crippen LogP contribution < -0.4 is 14.0 Å². The molecule has 0 aromatic heterocycles. The van der Waals surface area contributed by atoms with Crippen LogP contribution in [0.4, 0.5) is 79.0 Å². The van der Waals surface area contributed by atoms with E-state index < -0.39 is 180 Å². The van der Waals surface area contributed by atoms with Crippen LogP contribution in [0.2, 0.25) is 0 Å². The Bertz CT molecular complexity index is 2280. The minimum atomic E-state index is -3.91. The molecule has 0 radical (unpaired) electrons. The van der Waals surface area contributed by atoms with Gasteiger partial charge in [0.25, 0.3) is 0 Å². The molecule has 0 unspecified atom stereocenters.